The molecular formula is C19H30FN5O. The molecule has 1 aliphatic carbocycles. The van der Waals surface area contributed by atoms with Crippen LogP contribution in [0.2, 0.25) is 0 Å². The highest BCUT2D eigenvalue weighted by Crippen LogP contribution is 2.30. The lowest BCUT2D eigenvalue weighted by molar-refractivity contribution is 0.0923. The number of aromatic nitrogens is 1. The number of hydrogen-bond donors (Lipinski definition) is 3. The van der Waals surface area contributed by atoms with Crippen molar-refractivity contribution in [3.05, 3.63) is 11.6 Å². The van der Waals surface area contributed by atoms with E-state index in [4.69, 9.17) is 5.73 Å². The maximum Gasteiger partial charge on any atom is 0.255 e. The van der Waals surface area contributed by atoms with E-state index in [1.54, 1.807) is 13.1 Å². The first kappa shape index (κ1) is 18.7. The first-order chi connectivity index (χ1) is 12.5. The third-order valence-corrected chi connectivity index (χ3v) is 5.59. The van der Waals surface area contributed by atoms with E-state index >= 15 is 0 Å². The fraction of sp³-hybridized carbons (Fsp3) is 0.684. The van der Waals surface area contributed by atoms with E-state index in [0.29, 0.717) is 48.8 Å². The summed E-state index contributed by atoms with van der Waals surface area (Å²) in [6.45, 7) is 3.37. The summed E-state index contributed by atoms with van der Waals surface area (Å²) in [5.41, 5.74) is 6.99. The van der Waals surface area contributed by atoms with Crippen molar-refractivity contribution in [2.45, 2.75) is 57.7 Å². The number of amides is 1. The number of pyridine rings is 1. The van der Waals surface area contributed by atoms with Crippen LogP contribution < -0.4 is 21.3 Å². The van der Waals surface area contributed by atoms with Gasteiger partial charge in [-0.15, -0.1) is 0 Å². The predicted molar refractivity (Wildman–Crippen MR) is 103 cm³/mol. The number of nitrogens with zero attached hydrogens (tertiary/aromatic N) is 2. The average Bonchev–Trinajstić information content (AvgIpc) is 2.64. The number of alkyl halides is 1. The number of nitrogens with two attached hydrogens (primary N) is 1. The molecule has 1 saturated carbocycles. The number of rotatable bonds is 4. The van der Waals surface area contributed by atoms with Gasteiger partial charge in [0.1, 0.15) is 12.0 Å². The largest absolute Gasteiger partial charge is 0.396 e. The number of carbonyl (C=O) groups excluding carboxylic acids is 1. The lowest BCUT2D eigenvalue weighted by atomic mass is 9.87. The standard InChI is InChI=1S/C19H30FN5O/c1-12-3-5-14(6-4-12)23-19(26)15-11-16(21)17(22-2)24-18(15)25-9-7-13(20)8-10-25/h11-14H,3-10,21H2,1-2H3,(H,22,24)(H,23,26)/t12-,14-. The number of hydrogen-bond acceptors (Lipinski definition) is 5. The van der Waals surface area contributed by atoms with Gasteiger partial charge in [-0.2, -0.15) is 0 Å². The Morgan fingerprint density at radius 3 is 2.50 bits per heavy atom. The molecule has 26 heavy (non-hydrogen) atoms. The minimum absolute atomic E-state index is 0.135. The zero-order valence-electron chi connectivity index (χ0n) is 15.7. The monoisotopic (exact) mass is 363 g/mol. The van der Waals surface area contributed by atoms with Gasteiger partial charge in [-0.1, -0.05) is 6.92 Å². The van der Waals surface area contributed by atoms with Crippen molar-refractivity contribution in [3.8, 4) is 0 Å². The number of piperidine rings is 1. The fourth-order valence-electron chi connectivity index (χ4n) is 3.85. The normalized spacial score (nSPS) is 24.3. The number of nitrogen functional groups attached to an aromatic ring is 1. The van der Waals surface area contributed by atoms with E-state index in [1.807, 2.05) is 4.90 Å². The van der Waals surface area contributed by atoms with Gasteiger partial charge >= 0.3 is 0 Å². The smallest absolute Gasteiger partial charge is 0.255 e. The van der Waals surface area contributed by atoms with Crippen LogP contribution in [0.1, 0.15) is 55.8 Å². The van der Waals surface area contributed by atoms with Crippen LogP contribution in [0, 0.1) is 5.92 Å². The first-order valence-corrected chi connectivity index (χ1v) is 9.66. The third kappa shape index (κ3) is 4.19. The topological polar surface area (TPSA) is 83.3 Å². The minimum atomic E-state index is -0.773. The number of halogens is 1. The molecule has 0 bridgehead atoms. The molecular weight excluding hydrogens is 333 g/mol. The van der Waals surface area contributed by atoms with Crippen LogP contribution in [-0.4, -0.2) is 43.2 Å². The molecule has 3 rings (SSSR count). The summed E-state index contributed by atoms with van der Waals surface area (Å²) in [5, 5.41) is 6.12. The molecule has 1 amide bonds. The molecule has 4 N–H and O–H groups in total. The second kappa shape index (κ2) is 8.10. The second-order valence-electron chi connectivity index (χ2n) is 7.64. The maximum absolute atomic E-state index is 13.5. The van der Waals surface area contributed by atoms with Crippen molar-refractivity contribution < 1.29 is 9.18 Å². The Bertz CT molecular complexity index is 637. The van der Waals surface area contributed by atoms with Gasteiger partial charge in [-0.3, -0.25) is 4.79 Å². The Morgan fingerprint density at radius 1 is 1.23 bits per heavy atom. The summed E-state index contributed by atoms with van der Waals surface area (Å²) >= 11 is 0. The van der Waals surface area contributed by atoms with E-state index < -0.39 is 6.17 Å². The summed E-state index contributed by atoms with van der Waals surface area (Å²) in [6, 6.07) is 1.89. The molecule has 0 spiro atoms. The minimum Gasteiger partial charge on any atom is -0.396 e. The molecule has 2 heterocycles. The Morgan fingerprint density at radius 2 is 1.88 bits per heavy atom. The molecule has 1 saturated heterocycles. The molecule has 1 aromatic heterocycles. The molecule has 1 aliphatic heterocycles. The number of nitrogens with one attached hydrogen (secondary N) is 2. The molecule has 2 fully saturated rings. The third-order valence-electron chi connectivity index (χ3n) is 5.59. The molecule has 1 aromatic rings. The lowest BCUT2D eigenvalue weighted by Gasteiger charge is -2.32. The molecule has 0 aromatic carbocycles. The van der Waals surface area contributed by atoms with Crippen molar-refractivity contribution >= 4 is 23.2 Å². The van der Waals surface area contributed by atoms with Gasteiger partial charge in [0.05, 0.1) is 11.3 Å². The summed E-state index contributed by atoms with van der Waals surface area (Å²) in [7, 11) is 1.75. The Kier molecular flexibility index (Phi) is 5.84. The fourth-order valence-corrected chi connectivity index (χ4v) is 3.85. The van der Waals surface area contributed by atoms with Crippen LogP contribution in [0.25, 0.3) is 0 Å². The highest BCUT2D eigenvalue weighted by atomic mass is 19.1. The summed E-state index contributed by atoms with van der Waals surface area (Å²) in [5.74, 6) is 1.74. The van der Waals surface area contributed by atoms with E-state index in [9.17, 15) is 9.18 Å². The van der Waals surface area contributed by atoms with Crippen molar-refractivity contribution in [2.24, 2.45) is 5.92 Å². The Labute approximate surface area is 154 Å². The van der Waals surface area contributed by atoms with Crippen LogP contribution in [-0.2, 0) is 0 Å². The molecule has 144 valence electrons. The molecule has 0 atom stereocenters. The van der Waals surface area contributed by atoms with Gasteiger partial charge in [0.25, 0.3) is 5.91 Å². The van der Waals surface area contributed by atoms with E-state index in [0.717, 1.165) is 31.6 Å². The van der Waals surface area contributed by atoms with Crippen LogP contribution in [0.5, 0.6) is 0 Å². The quantitative estimate of drug-likeness (QED) is 0.766. The van der Waals surface area contributed by atoms with Crippen LogP contribution in [0.3, 0.4) is 0 Å². The summed E-state index contributed by atoms with van der Waals surface area (Å²) in [6.07, 6.45) is 4.44. The molecule has 0 unspecified atom stereocenters. The first-order valence-electron chi connectivity index (χ1n) is 9.66. The number of carbonyl (C=O) groups is 1. The highest BCUT2D eigenvalue weighted by Gasteiger charge is 2.27. The zero-order valence-corrected chi connectivity index (χ0v) is 15.7. The molecule has 7 heteroatoms. The maximum atomic E-state index is 13.5. The van der Waals surface area contributed by atoms with Gasteiger partial charge in [0, 0.05) is 26.2 Å². The van der Waals surface area contributed by atoms with E-state index in [1.165, 1.54) is 0 Å². The van der Waals surface area contributed by atoms with Gasteiger partial charge in [0.2, 0.25) is 0 Å². The SMILES string of the molecule is CNc1nc(N2CCC(F)CC2)c(C(=O)N[C@H]2CC[C@H](C)CC2)cc1N. The lowest BCUT2D eigenvalue weighted by Crippen LogP contribution is -2.40. The van der Waals surface area contributed by atoms with Crippen molar-refractivity contribution in [3.63, 3.8) is 0 Å². The van der Waals surface area contributed by atoms with Gasteiger partial charge in [-0.25, -0.2) is 9.37 Å². The molecule has 2 aliphatic rings. The second-order valence-corrected chi connectivity index (χ2v) is 7.64. The zero-order chi connectivity index (χ0) is 18.7. The van der Waals surface area contributed by atoms with Crippen LogP contribution >= 0.6 is 0 Å². The summed E-state index contributed by atoms with van der Waals surface area (Å²) in [4.78, 5) is 19.5. The Balaban J connectivity index is 1.82. The van der Waals surface area contributed by atoms with E-state index in [2.05, 4.69) is 22.5 Å². The van der Waals surface area contributed by atoms with Crippen LogP contribution in [0.15, 0.2) is 6.07 Å². The number of anilines is 3. The average molecular weight is 363 g/mol. The highest BCUT2D eigenvalue weighted by molar-refractivity contribution is 6.00. The van der Waals surface area contributed by atoms with Gasteiger partial charge < -0.3 is 21.3 Å². The molecule has 6 nitrogen and oxygen atoms in total. The van der Waals surface area contributed by atoms with Crippen molar-refractivity contribution in [1.29, 1.82) is 0 Å². The molecule has 0 radical (unpaired) electrons. The van der Waals surface area contributed by atoms with Crippen LogP contribution in [0.4, 0.5) is 21.7 Å². The van der Waals surface area contributed by atoms with Gasteiger partial charge in [0.15, 0.2) is 5.82 Å². The summed E-state index contributed by atoms with van der Waals surface area (Å²) < 4.78 is 13.5. The predicted octanol–water partition coefficient (Wildman–Crippen LogP) is 2.95. The van der Waals surface area contributed by atoms with E-state index in [-0.39, 0.29) is 11.9 Å². The van der Waals surface area contributed by atoms with Crippen molar-refractivity contribution in [1.82, 2.24) is 10.3 Å². The Hall–Kier alpha value is -2.05. The van der Waals surface area contributed by atoms with Gasteiger partial charge in [-0.05, 0) is 50.5 Å². The van der Waals surface area contributed by atoms with Crippen molar-refractivity contribution in [2.75, 3.05) is 36.1 Å².